The van der Waals surface area contributed by atoms with E-state index < -0.39 is 35.8 Å². The van der Waals surface area contributed by atoms with E-state index >= 15 is 0 Å². The van der Waals surface area contributed by atoms with Crippen LogP contribution in [0.15, 0.2) is 35.5 Å². The number of alkyl halides is 3. The Morgan fingerprint density at radius 3 is 2.39 bits per heavy atom. The van der Waals surface area contributed by atoms with Gasteiger partial charge in [-0.25, -0.2) is 4.79 Å². The van der Waals surface area contributed by atoms with Crippen LogP contribution in [0.25, 0.3) is 0 Å². The average molecular weight is 537 g/mol. The van der Waals surface area contributed by atoms with Crippen LogP contribution in [0.3, 0.4) is 0 Å². The number of benzene rings is 1. The van der Waals surface area contributed by atoms with Crippen molar-refractivity contribution in [1.82, 2.24) is 20.0 Å². The van der Waals surface area contributed by atoms with E-state index in [1.807, 2.05) is 0 Å². The number of halogens is 3. The van der Waals surface area contributed by atoms with Crippen LogP contribution in [-0.2, 0) is 25.3 Å². The van der Waals surface area contributed by atoms with Crippen LogP contribution in [0.5, 0.6) is 0 Å². The van der Waals surface area contributed by atoms with Crippen molar-refractivity contribution >= 4 is 23.8 Å². The van der Waals surface area contributed by atoms with Crippen molar-refractivity contribution in [3.05, 3.63) is 46.7 Å². The van der Waals surface area contributed by atoms with Crippen molar-refractivity contribution in [3.63, 3.8) is 0 Å². The Morgan fingerprint density at radius 1 is 1.13 bits per heavy atom. The summed E-state index contributed by atoms with van der Waals surface area (Å²) in [7, 11) is 0. The summed E-state index contributed by atoms with van der Waals surface area (Å²) in [5.74, 6) is -1.50. The molecule has 1 aromatic rings. The highest BCUT2D eigenvalue weighted by Crippen LogP contribution is 2.42. The maximum Gasteiger partial charge on any atom is 0.416 e. The zero-order valence-corrected chi connectivity index (χ0v) is 21.5. The van der Waals surface area contributed by atoms with Crippen molar-refractivity contribution in [2.45, 2.75) is 51.9 Å². The largest absolute Gasteiger partial charge is 0.466 e. The summed E-state index contributed by atoms with van der Waals surface area (Å²) in [6, 6.07) is 2.00. The molecule has 3 aliphatic heterocycles. The van der Waals surface area contributed by atoms with Gasteiger partial charge in [0.1, 0.15) is 6.04 Å². The molecule has 9 nitrogen and oxygen atoms in total. The zero-order valence-electron chi connectivity index (χ0n) is 21.5. The molecule has 4 amide bonds. The van der Waals surface area contributed by atoms with Crippen LogP contribution in [-0.4, -0.2) is 77.3 Å². The summed E-state index contributed by atoms with van der Waals surface area (Å²) in [5.41, 5.74) is -0.846. The fraction of sp³-hybridized carbons (Fsp3) is 0.538. The fourth-order valence-corrected chi connectivity index (χ4v) is 5.39. The first kappa shape index (κ1) is 27.5. The normalized spacial score (nSPS) is 21.4. The number of amides is 4. The van der Waals surface area contributed by atoms with Crippen LogP contribution < -0.4 is 5.32 Å². The standard InChI is InChI=1S/C26H31F3N4O5/c1-4-32-19-14-33(15(3)22(34)31-12-10-16(11-13-31)24(36)38-5-2)23(35)20(19)21(30-25(32)37)17-8-6-7-9-18(17)26(27,28)29/h6-9,15-16,21H,4-5,10-14H2,1-3H3,(H,30,37)/t15-,21+/m1/s1. The van der Waals surface area contributed by atoms with Gasteiger partial charge in [-0.3, -0.25) is 19.3 Å². The number of nitrogens with one attached hydrogen (secondary N) is 1. The lowest BCUT2D eigenvalue weighted by Gasteiger charge is -2.35. The number of nitrogens with zero attached hydrogens (tertiary/aromatic N) is 3. The van der Waals surface area contributed by atoms with Gasteiger partial charge in [-0.15, -0.1) is 0 Å². The van der Waals surface area contributed by atoms with Gasteiger partial charge in [-0.2, -0.15) is 13.2 Å². The number of likely N-dealkylation sites (tertiary alicyclic amines) is 1. The molecular weight excluding hydrogens is 505 g/mol. The number of ether oxygens (including phenoxy) is 1. The molecule has 3 aliphatic rings. The second-order valence-corrected chi connectivity index (χ2v) is 9.53. The quantitative estimate of drug-likeness (QED) is 0.564. The van der Waals surface area contributed by atoms with Crippen molar-refractivity contribution < 1.29 is 37.1 Å². The van der Waals surface area contributed by atoms with E-state index in [2.05, 4.69) is 5.32 Å². The Bertz CT molecular complexity index is 1160. The minimum Gasteiger partial charge on any atom is -0.466 e. The second kappa shape index (κ2) is 10.7. The molecule has 12 heteroatoms. The molecule has 1 N–H and O–H groups in total. The van der Waals surface area contributed by atoms with E-state index in [4.69, 9.17) is 4.74 Å². The predicted octanol–water partition coefficient (Wildman–Crippen LogP) is 3.08. The molecule has 0 radical (unpaired) electrons. The summed E-state index contributed by atoms with van der Waals surface area (Å²) in [6.45, 7) is 6.05. The van der Waals surface area contributed by atoms with Crippen LogP contribution in [0.2, 0.25) is 0 Å². The molecule has 206 valence electrons. The molecule has 0 spiro atoms. The van der Waals surface area contributed by atoms with Crippen molar-refractivity contribution in [2.75, 3.05) is 32.8 Å². The number of carbonyl (C=O) groups is 4. The van der Waals surface area contributed by atoms with Crippen molar-refractivity contribution in [3.8, 4) is 0 Å². The Balaban J connectivity index is 1.58. The van der Waals surface area contributed by atoms with Gasteiger partial charge in [0.15, 0.2) is 0 Å². The van der Waals surface area contributed by atoms with E-state index in [1.165, 1.54) is 28.0 Å². The molecule has 38 heavy (non-hydrogen) atoms. The third-order valence-electron chi connectivity index (χ3n) is 7.39. The minimum atomic E-state index is -4.69. The number of esters is 1. The number of rotatable bonds is 6. The molecule has 0 unspecified atom stereocenters. The second-order valence-electron chi connectivity index (χ2n) is 9.53. The molecule has 0 aromatic heterocycles. The number of piperidine rings is 1. The molecule has 0 aliphatic carbocycles. The fourth-order valence-electron chi connectivity index (χ4n) is 5.39. The Hall–Kier alpha value is -3.57. The highest BCUT2D eigenvalue weighted by atomic mass is 19.4. The Kier molecular flexibility index (Phi) is 7.70. The molecule has 4 rings (SSSR count). The van der Waals surface area contributed by atoms with E-state index in [-0.39, 0.29) is 48.6 Å². The third kappa shape index (κ3) is 4.95. The molecule has 2 atom stereocenters. The number of likely N-dealkylation sites (N-methyl/N-ethyl adjacent to an activating group) is 1. The smallest absolute Gasteiger partial charge is 0.416 e. The first-order chi connectivity index (χ1) is 18.0. The highest BCUT2D eigenvalue weighted by Gasteiger charge is 2.48. The number of hydrogen-bond donors (Lipinski definition) is 1. The number of carbonyl (C=O) groups excluding carboxylic acids is 4. The summed E-state index contributed by atoms with van der Waals surface area (Å²) >= 11 is 0. The molecule has 1 fully saturated rings. The van der Waals surface area contributed by atoms with Gasteiger partial charge in [0.2, 0.25) is 5.91 Å². The van der Waals surface area contributed by atoms with Gasteiger partial charge >= 0.3 is 18.2 Å². The van der Waals surface area contributed by atoms with Gasteiger partial charge < -0.3 is 19.9 Å². The van der Waals surface area contributed by atoms with E-state index in [0.717, 1.165) is 6.07 Å². The highest BCUT2D eigenvalue weighted by molar-refractivity contribution is 6.03. The van der Waals surface area contributed by atoms with Crippen molar-refractivity contribution in [1.29, 1.82) is 0 Å². The first-order valence-electron chi connectivity index (χ1n) is 12.7. The number of hydrogen-bond acceptors (Lipinski definition) is 5. The van der Waals surface area contributed by atoms with Gasteiger partial charge in [-0.1, -0.05) is 18.2 Å². The predicted molar refractivity (Wildman–Crippen MR) is 129 cm³/mol. The molecular formula is C26H31F3N4O5. The lowest BCUT2D eigenvalue weighted by Crippen LogP contribution is -2.51. The van der Waals surface area contributed by atoms with Crippen LogP contribution >= 0.6 is 0 Å². The summed E-state index contributed by atoms with van der Waals surface area (Å²) in [5, 5.41) is 2.57. The van der Waals surface area contributed by atoms with Crippen LogP contribution in [0.1, 0.15) is 50.8 Å². The van der Waals surface area contributed by atoms with E-state index in [0.29, 0.717) is 31.6 Å². The zero-order chi connectivity index (χ0) is 27.8. The summed E-state index contributed by atoms with van der Waals surface area (Å²) < 4.78 is 46.5. The summed E-state index contributed by atoms with van der Waals surface area (Å²) in [6.07, 6.45) is -3.80. The Labute approximate surface area is 218 Å². The lowest BCUT2D eigenvalue weighted by atomic mass is 9.91. The van der Waals surface area contributed by atoms with Gasteiger partial charge in [0.25, 0.3) is 5.91 Å². The SMILES string of the molecule is CCOC(=O)C1CCN(C(=O)[C@@H](C)N2CC3=C(C2=O)[C@H](c2ccccc2C(F)(F)F)NC(=O)N3CC)CC1. The topological polar surface area (TPSA) is 99.3 Å². The first-order valence-corrected chi connectivity index (χ1v) is 12.7. The van der Waals surface area contributed by atoms with Gasteiger partial charge in [0.05, 0.1) is 41.9 Å². The van der Waals surface area contributed by atoms with Gasteiger partial charge in [0, 0.05) is 19.6 Å². The average Bonchev–Trinajstić information content (AvgIpc) is 3.24. The van der Waals surface area contributed by atoms with Crippen molar-refractivity contribution in [2.24, 2.45) is 5.92 Å². The third-order valence-corrected chi connectivity index (χ3v) is 7.39. The molecule has 0 bridgehead atoms. The van der Waals surface area contributed by atoms with Crippen LogP contribution in [0.4, 0.5) is 18.0 Å². The van der Waals surface area contributed by atoms with Crippen LogP contribution in [0, 0.1) is 5.92 Å². The van der Waals surface area contributed by atoms with E-state index in [1.54, 1.807) is 25.7 Å². The molecule has 1 saturated heterocycles. The molecule has 3 heterocycles. The minimum absolute atomic E-state index is 0.0313. The van der Waals surface area contributed by atoms with E-state index in [9.17, 15) is 32.3 Å². The molecule has 0 saturated carbocycles. The lowest BCUT2D eigenvalue weighted by molar-refractivity contribution is -0.152. The number of urea groups is 1. The maximum atomic E-state index is 13.8. The monoisotopic (exact) mass is 536 g/mol. The molecule has 1 aromatic carbocycles. The Morgan fingerprint density at radius 2 is 1.79 bits per heavy atom. The maximum absolute atomic E-state index is 13.8. The summed E-state index contributed by atoms with van der Waals surface area (Å²) in [4.78, 5) is 56.1. The van der Waals surface area contributed by atoms with Gasteiger partial charge in [-0.05, 0) is 45.2 Å².